The Hall–Kier alpha value is -0.980. The van der Waals surface area contributed by atoms with Crippen LogP contribution in [0.3, 0.4) is 0 Å². The van der Waals surface area contributed by atoms with E-state index in [0.29, 0.717) is 11.3 Å². The highest BCUT2D eigenvalue weighted by Gasteiger charge is 2.45. The average Bonchev–Trinajstić information content (AvgIpc) is 2.93. The number of nitrogens with zero attached hydrogens (tertiary/aromatic N) is 1. The van der Waals surface area contributed by atoms with Gasteiger partial charge in [-0.3, -0.25) is 0 Å². The van der Waals surface area contributed by atoms with Gasteiger partial charge in [-0.1, -0.05) is 39.7 Å². The third-order valence-corrected chi connectivity index (χ3v) is 7.92. The molecule has 146 valence electrons. The normalized spacial score (nSPS) is 32.0. The maximum Gasteiger partial charge on any atom is 0.0363 e. The molecular weight excluding hydrogens is 314 g/mol. The van der Waals surface area contributed by atoms with E-state index in [1.807, 2.05) is 0 Å². The molecule has 2 aliphatic rings. The van der Waals surface area contributed by atoms with Gasteiger partial charge in [-0.15, -0.1) is 0 Å². The summed E-state index contributed by atoms with van der Waals surface area (Å²) in [5, 5.41) is 0. The van der Waals surface area contributed by atoms with Gasteiger partial charge < -0.3 is 4.90 Å². The fourth-order valence-electron chi connectivity index (χ4n) is 5.99. The molecule has 0 aromatic heterocycles. The van der Waals surface area contributed by atoms with Gasteiger partial charge in [0.05, 0.1) is 0 Å². The van der Waals surface area contributed by atoms with Crippen LogP contribution >= 0.6 is 0 Å². The predicted octanol–water partition coefficient (Wildman–Crippen LogP) is 7.20. The number of fused-ring (bicyclic) bond motifs is 2. The molecule has 4 atom stereocenters. The Morgan fingerprint density at radius 1 is 1.12 bits per heavy atom. The van der Waals surface area contributed by atoms with Crippen LogP contribution in [-0.4, -0.2) is 14.1 Å². The van der Waals surface area contributed by atoms with Crippen molar-refractivity contribution < 1.29 is 0 Å². The van der Waals surface area contributed by atoms with Crippen LogP contribution in [0.5, 0.6) is 0 Å². The van der Waals surface area contributed by atoms with E-state index in [1.54, 1.807) is 11.1 Å². The average molecular weight is 356 g/mol. The van der Waals surface area contributed by atoms with Crippen LogP contribution in [0.1, 0.15) is 95.6 Å². The van der Waals surface area contributed by atoms with Crippen molar-refractivity contribution >= 4 is 5.69 Å². The molecule has 4 unspecified atom stereocenters. The summed E-state index contributed by atoms with van der Waals surface area (Å²) in [5.41, 5.74) is 5.21. The Labute approximate surface area is 162 Å². The molecule has 0 saturated heterocycles. The number of rotatable bonds is 4. The minimum atomic E-state index is 0.602. The summed E-state index contributed by atoms with van der Waals surface area (Å²) < 4.78 is 0. The first-order valence-corrected chi connectivity index (χ1v) is 11.3. The number of unbranched alkanes of at least 4 members (excludes halogenated alkanes) is 1. The van der Waals surface area contributed by atoms with Crippen molar-refractivity contribution in [2.75, 3.05) is 19.0 Å². The lowest BCUT2D eigenvalue weighted by Crippen LogP contribution is -2.30. The van der Waals surface area contributed by atoms with Crippen LogP contribution in [0, 0.1) is 17.3 Å². The molecule has 2 aliphatic carbocycles. The number of hydrogen-bond acceptors (Lipinski definition) is 1. The molecule has 0 radical (unpaired) electrons. The lowest BCUT2D eigenvalue weighted by Gasteiger charge is -2.39. The van der Waals surface area contributed by atoms with E-state index < -0.39 is 0 Å². The lowest BCUT2D eigenvalue weighted by atomic mass is 9.66. The largest absolute Gasteiger partial charge is 0.378 e. The number of aryl methyl sites for hydroxylation is 1. The fourth-order valence-corrected chi connectivity index (χ4v) is 5.99. The van der Waals surface area contributed by atoms with Crippen molar-refractivity contribution in [2.24, 2.45) is 17.3 Å². The van der Waals surface area contributed by atoms with Gasteiger partial charge in [-0.2, -0.15) is 0 Å². The summed E-state index contributed by atoms with van der Waals surface area (Å²) in [7, 11) is 4.32. The second-order valence-corrected chi connectivity index (χ2v) is 9.73. The van der Waals surface area contributed by atoms with Crippen LogP contribution in [-0.2, 0) is 6.42 Å². The zero-order chi connectivity index (χ0) is 18.7. The Morgan fingerprint density at radius 2 is 1.92 bits per heavy atom. The smallest absolute Gasteiger partial charge is 0.0363 e. The summed E-state index contributed by atoms with van der Waals surface area (Å²) in [5.74, 6) is 2.65. The second-order valence-electron chi connectivity index (χ2n) is 9.73. The van der Waals surface area contributed by atoms with E-state index in [-0.39, 0.29) is 0 Å². The summed E-state index contributed by atoms with van der Waals surface area (Å²) in [6.45, 7) is 7.49. The van der Waals surface area contributed by atoms with Crippen LogP contribution in [0.2, 0.25) is 0 Å². The van der Waals surface area contributed by atoms with Crippen molar-refractivity contribution in [3.8, 4) is 0 Å². The van der Waals surface area contributed by atoms with E-state index >= 15 is 0 Å². The van der Waals surface area contributed by atoms with Gasteiger partial charge >= 0.3 is 0 Å². The lowest BCUT2D eigenvalue weighted by molar-refractivity contribution is 0.118. The van der Waals surface area contributed by atoms with Gasteiger partial charge in [0.15, 0.2) is 0 Å². The highest BCUT2D eigenvalue weighted by molar-refractivity contribution is 5.50. The van der Waals surface area contributed by atoms with Gasteiger partial charge in [0.1, 0.15) is 0 Å². The van der Waals surface area contributed by atoms with Gasteiger partial charge in [-0.05, 0) is 97.8 Å². The molecule has 1 heteroatoms. The molecule has 1 saturated carbocycles. The molecule has 0 N–H and O–H groups in total. The quantitative estimate of drug-likeness (QED) is 0.552. The van der Waals surface area contributed by atoms with Crippen molar-refractivity contribution in [3.05, 3.63) is 29.3 Å². The maximum atomic E-state index is 2.66. The number of anilines is 1. The monoisotopic (exact) mass is 355 g/mol. The van der Waals surface area contributed by atoms with E-state index in [4.69, 9.17) is 0 Å². The van der Waals surface area contributed by atoms with Gasteiger partial charge in [0.2, 0.25) is 0 Å². The molecule has 26 heavy (non-hydrogen) atoms. The molecule has 3 rings (SSSR count). The van der Waals surface area contributed by atoms with Gasteiger partial charge in [0.25, 0.3) is 0 Å². The van der Waals surface area contributed by atoms with Crippen molar-refractivity contribution in [1.29, 1.82) is 0 Å². The number of benzene rings is 1. The second kappa shape index (κ2) is 8.36. The molecule has 0 spiro atoms. The molecule has 1 nitrogen and oxygen atoms in total. The first-order chi connectivity index (χ1) is 12.5. The maximum absolute atomic E-state index is 2.66. The van der Waals surface area contributed by atoms with Crippen molar-refractivity contribution in [3.63, 3.8) is 0 Å². The first-order valence-electron chi connectivity index (χ1n) is 11.3. The Balaban J connectivity index is 1.82. The van der Waals surface area contributed by atoms with Crippen molar-refractivity contribution in [1.82, 2.24) is 0 Å². The molecule has 0 bridgehead atoms. The predicted molar refractivity (Wildman–Crippen MR) is 115 cm³/mol. The minimum absolute atomic E-state index is 0.602. The summed E-state index contributed by atoms with van der Waals surface area (Å²) in [4.78, 5) is 2.25. The van der Waals surface area contributed by atoms with Crippen LogP contribution in [0.15, 0.2) is 18.2 Å². The first kappa shape index (κ1) is 19.8. The Bertz CT molecular complexity index is 590. The zero-order valence-corrected chi connectivity index (χ0v) is 18.0. The van der Waals surface area contributed by atoms with Gasteiger partial charge in [0, 0.05) is 19.8 Å². The molecular formula is C25H41N. The van der Waals surface area contributed by atoms with E-state index in [9.17, 15) is 0 Å². The van der Waals surface area contributed by atoms with Crippen molar-refractivity contribution in [2.45, 2.75) is 90.9 Å². The third-order valence-electron chi connectivity index (χ3n) is 7.92. The standard InChI is InChI=1S/C25H41N/c1-6-7-10-21-12-13-22-11-8-9-20-18-23(26(4)5)14-15-24(20)19(2)16-17-25(21,22)3/h14-15,18-19,21-22H,6-13,16-17H2,1-5H3. The Kier molecular flexibility index (Phi) is 6.36. The fraction of sp³-hybridized carbons (Fsp3) is 0.760. The molecule has 1 aromatic carbocycles. The van der Waals surface area contributed by atoms with E-state index in [1.165, 1.54) is 69.9 Å². The van der Waals surface area contributed by atoms with E-state index in [2.05, 4.69) is 58.0 Å². The summed E-state index contributed by atoms with van der Waals surface area (Å²) in [6, 6.07) is 7.22. The minimum Gasteiger partial charge on any atom is -0.378 e. The summed E-state index contributed by atoms with van der Waals surface area (Å²) in [6.07, 6.45) is 14.1. The zero-order valence-electron chi connectivity index (χ0n) is 18.0. The van der Waals surface area contributed by atoms with Crippen LogP contribution in [0.25, 0.3) is 0 Å². The summed E-state index contributed by atoms with van der Waals surface area (Å²) >= 11 is 0. The highest BCUT2D eigenvalue weighted by atomic mass is 15.1. The number of hydrogen-bond donors (Lipinski definition) is 0. The van der Waals surface area contributed by atoms with Gasteiger partial charge in [-0.25, -0.2) is 0 Å². The van der Waals surface area contributed by atoms with E-state index in [0.717, 1.165) is 11.8 Å². The topological polar surface area (TPSA) is 3.24 Å². The molecule has 1 aromatic rings. The van der Waals surface area contributed by atoms with Crippen LogP contribution in [0.4, 0.5) is 5.69 Å². The third kappa shape index (κ3) is 3.97. The molecule has 0 amide bonds. The SMILES string of the molecule is CCCCC1CCC2CCCc3cc(N(C)C)ccc3C(C)CCC12C. The Morgan fingerprint density at radius 3 is 2.65 bits per heavy atom. The highest BCUT2D eigenvalue weighted by Crippen LogP contribution is 2.55. The van der Waals surface area contributed by atoms with Crippen LogP contribution < -0.4 is 4.90 Å². The molecule has 0 aliphatic heterocycles. The molecule has 1 fully saturated rings. The molecule has 0 heterocycles.